The molecule has 0 radical (unpaired) electrons. The molecule has 1 atom stereocenters. The zero-order valence-corrected chi connectivity index (χ0v) is 17.3. The lowest BCUT2D eigenvalue weighted by Gasteiger charge is -2.37. The summed E-state index contributed by atoms with van der Waals surface area (Å²) >= 11 is 0. The molecular formula is C22H26N2O6. The summed E-state index contributed by atoms with van der Waals surface area (Å²) in [5, 5.41) is 12.3. The number of nitrogens with zero attached hydrogens (tertiary/aromatic N) is 1. The Balaban J connectivity index is 1.86. The molecule has 0 spiro atoms. The van der Waals surface area contributed by atoms with Crippen molar-refractivity contribution >= 4 is 17.7 Å². The number of rotatable bonds is 7. The highest BCUT2D eigenvalue weighted by Gasteiger charge is 2.33. The fourth-order valence-electron chi connectivity index (χ4n) is 3.65. The number of amides is 2. The molecule has 8 heteroatoms. The molecule has 0 aliphatic carbocycles. The smallest absolute Gasteiger partial charge is 0.322 e. The van der Waals surface area contributed by atoms with E-state index in [1.54, 1.807) is 42.3 Å². The fraction of sp³-hybridized carbons (Fsp3) is 0.364. The van der Waals surface area contributed by atoms with E-state index in [0.29, 0.717) is 42.5 Å². The number of methoxy groups -OCH3 is 2. The molecule has 2 N–H and O–H groups in total. The molecule has 0 bridgehead atoms. The summed E-state index contributed by atoms with van der Waals surface area (Å²) in [4.78, 5) is 26.1. The summed E-state index contributed by atoms with van der Waals surface area (Å²) in [6.07, 6.45) is 0.377. The molecule has 30 heavy (non-hydrogen) atoms. The third-order valence-corrected chi connectivity index (χ3v) is 5.05. The molecule has 1 aliphatic heterocycles. The van der Waals surface area contributed by atoms with Crippen molar-refractivity contribution < 1.29 is 28.9 Å². The zero-order chi connectivity index (χ0) is 21.7. The van der Waals surface area contributed by atoms with Gasteiger partial charge in [-0.05, 0) is 60.9 Å². The van der Waals surface area contributed by atoms with Gasteiger partial charge in [0.15, 0.2) is 11.5 Å². The average molecular weight is 414 g/mol. The van der Waals surface area contributed by atoms with Gasteiger partial charge in [-0.2, -0.15) is 0 Å². The van der Waals surface area contributed by atoms with Gasteiger partial charge < -0.3 is 29.5 Å². The maximum atomic E-state index is 13.0. The quantitative estimate of drug-likeness (QED) is 0.717. The number of hydrogen-bond acceptors (Lipinski definition) is 5. The number of carboxylic acids is 1. The van der Waals surface area contributed by atoms with Crippen LogP contribution in [-0.4, -0.2) is 49.4 Å². The van der Waals surface area contributed by atoms with Crippen LogP contribution >= 0.6 is 0 Å². The summed E-state index contributed by atoms with van der Waals surface area (Å²) in [7, 11) is 3.08. The minimum atomic E-state index is -0.985. The topological polar surface area (TPSA) is 97.3 Å². The Morgan fingerprint density at radius 2 is 1.80 bits per heavy atom. The van der Waals surface area contributed by atoms with Crippen molar-refractivity contribution in [3.05, 3.63) is 47.5 Å². The summed E-state index contributed by atoms with van der Waals surface area (Å²) in [6, 6.07) is 9.69. The summed E-state index contributed by atoms with van der Waals surface area (Å²) in [5.41, 5.74) is 2.31. The first-order valence-electron chi connectivity index (χ1n) is 9.73. The van der Waals surface area contributed by atoms with Gasteiger partial charge in [-0.3, -0.25) is 4.79 Å². The van der Waals surface area contributed by atoms with Gasteiger partial charge in [-0.1, -0.05) is 0 Å². The van der Waals surface area contributed by atoms with Crippen molar-refractivity contribution in [1.82, 2.24) is 4.90 Å². The second-order valence-electron chi connectivity index (χ2n) is 6.85. The third kappa shape index (κ3) is 4.59. The van der Waals surface area contributed by atoms with Gasteiger partial charge in [0.1, 0.15) is 5.75 Å². The molecule has 0 aromatic heterocycles. The van der Waals surface area contributed by atoms with Gasteiger partial charge in [-0.25, -0.2) is 4.79 Å². The van der Waals surface area contributed by atoms with E-state index in [1.807, 2.05) is 13.0 Å². The van der Waals surface area contributed by atoms with Crippen molar-refractivity contribution in [2.75, 3.05) is 32.7 Å². The van der Waals surface area contributed by atoms with Crippen LogP contribution in [0.1, 0.15) is 30.5 Å². The Morgan fingerprint density at radius 3 is 2.40 bits per heavy atom. The van der Waals surface area contributed by atoms with Crippen molar-refractivity contribution in [1.29, 1.82) is 0 Å². The second-order valence-corrected chi connectivity index (χ2v) is 6.85. The number of ether oxygens (including phenoxy) is 3. The van der Waals surface area contributed by atoms with Crippen LogP contribution in [-0.2, 0) is 11.2 Å². The van der Waals surface area contributed by atoms with Crippen molar-refractivity contribution in [3.63, 3.8) is 0 Å². The number of anilines is 1. The van der Waals surface area contributed by atoms with Crippen LogP contribution in [0.3, 0.4) is 0 Å². The molecule has 3 rings (SSSR count). The van der Waals surface area contributed by atoms with Gasteiger partial charge >= 0.3 is 12.0 Å². The zero-order valence-electron chi connectivity index (χ0n) is 17.3. The number of benzene rings is 2. The Kier molecular flexibility index (Phi) is 6.66. The number of fused-ring (bicyclic) bond motifs is 1. The Morgan fingerprint density at radius 1 is 1.13 bits per heavy atom. The summed E-state index contributed by atoms with van der Waals surface area (Å²) in [5.74, 6) is 0.812. The van der Waals surface area contributed by atoms with Crippen molar-refractivity contribution in [3.8, 4) is 17.2 Å². The standard InChI is InChI=1S/C22H26N2O6/c1-4-30-16-7-5-15(6-8-16)23-22(27)24-10-9-14-11-19(28-2)20(29-3)12-17(14)18(24)13-21(25)26/h5-8,11-12,18H,4,9-10,13H2,1-3H3,(H,23,27)(H,25,26)/t18-/m0/s1. The normalized spacial score (nSPS) is 15.2. The number of urea groups is 1. The van der Waals surface area contributed by atoms with E-state index in [2.05, 4.69) is 5.32 Å². The van der Waals surface area contributed by atoms with Crippen LogP contribution in [0.4, 0.5) is 10.5 Å². The van der Waals surface area contributed by atoms with E-state index in [4.69, 9.17) is 14.2 Å². The predicted molar refractivity (Wildman–Crippen MR) is 112 cm³/mol. The number of aliphatic carboxylic acids is 1. The number of hydrogen-bond donors (Lipinski definition) is 2. The Bertz CT molecular complexity index is 913. The van der Waals surface area contributed by atoms with Crippen LogP contribution in [0.2, 0.25) is 0 Å². The van der Waals surface area contributed by atoms with Crippen LogP contribution in [0.15, 0.2) is 36.4 Å². The molecule has 0 saturated heterocycles. The molecule has 2 amide bonds. The van der Waals surface area contributed by atoms with Crippen LogP contribution in [0.25, 0.3) is 0 Å². The van der Waals surface area contributed by atoms with E-state index in [-0.39, 0.29) is 12.5 Å². The molecule has 0 unspecified atom stereocenters. The summed E-state index contributed by atoms with van der Waals surface area (Å²) < 4.78 is 16.1. The first kappa shape index (κ1) is 21.3. The molecule has 2 aromatic rings. The molecule has 0 fully saturated rings. The minimum absolute atomic E-state index is 0.209. The summed E-state index contributed by atoms with van der Waals surface area (Å²) in [6.45, 7) is 2.85. The average Bonchev–Trinajstić information content (AvgIpc) is 2.74. The largest absolute Gasteiger partial charge is 0.494 e. The fourth-order valence-corrected chi connectivity index (χ4v) is 3.65. The Hall–Kier alpha value is -3.42. The lowest BCUT2D eigenvalue weighted by molar-refractivity contribution is -0.138. The predicted octanol–water partition coefficient (Wildman–Crippen LogP) is 3.71. The maximum Gasteiger partial charge on any atom is 0.322 e. The molecule has 2 aromatic carbocycles. The van der Waals surface area contributed by atoms with Crippen LogP contribution < -0.4 is 19.5 Å². The third-order valence-electron chi connectivity index (χ3n) is 5.05. The van der Waals surface area contributed by atoms with E-state index in [0.717, 1.165) is 11.1 Å². The first-order chi connectivity index (χ1) is 14.5. The highest BCUT2D eigenvalue weighted by atomic mass is 16.5. The SMILES string of the molecule is CCOc1ccc(NC(=O)N2CCc3cc(OC)c(OC)cc3[C@@H]2CC(=O)O)cc1. The van der Waals surface area contributed by atoms with Gasteiger partial charge in [0.2, 0.25) is 0 Å². The Labute approximate surface area is 175 Å². The van der Waals surface area contributed by atoms with Crippen molar-refractivity contribution in [2.45, 2.75) is 25.8 Å². The molecular weight excluding hydrogens is 388 g/mol. The van der Waals surface area contributed by atoms with E-state index >= 15 is 0 Å². The molecule has 8 nitrogen and oxygen atoms in total. The molecule has 160 valence electrons. The van der Waals surface area contributed by atoms with E-state index in [1.165, 1.54) is 7.11 Å². The van der Waals surface area contributed by atoms with Gasteiger partial charge in [-0.15, -0.1) is 0 Å². The van der Waals surface area contributed by atoms with Gasteiger partial charge in [0.05, 0.1) is 33.3 Å². The van der Waals surface area contributed by atoms with Gasteiger partial charge in [0, 0.05) is 12.2 Å². The van der Waals surface area contributed by atoms with E-state index < -0.39 is 12.0 Å². The number of carbonyl (C=O) groups excluding carboxylic acids is 1. The highest BCUT2D eigenvalue weighted by molar-refractivity contribution is 5.90. The first-order valence-corrected chi connectivity index (χ1v) is 9.73. The monoisotopic (exact) mass is 414 g/mol. The minimum Gasteiger partial charge on any atom is -0.494 e. The molecule has 0 saturated carbocycles. The maximum absolute atomic E-state index is 13.0. The van der Waals surface area contributed by atoms with E-state index in [9.17, 15) is 14.7 Å². The van der Waals surface area contributed by atoms with Crippen molar-refractivity contribution in [2.24, 2.45) is 0 Å². The number of carbonyl (C=O) groups is 2. The molecule has 1 aliphatic rings. The second kappa shape index (κ2) is 9.39. The van der Waals surface area contributed by atoms with Crippen LogP contribution in [0.5, 0.6) is 17.2 Å². The lowest BCUT2D eigenvalue weighted by Crippen LogP contribution is -2.43. The number of carboxylic acid groups (broad SMARTS) is 1. The number of nitrogens with one attached hydrogen (secondary N) is 1. The lowest BCUT2D eigenvalue weighted by atomic mass is 9.90. The molecule has 1 heterocycles. The van der Waals surface area contributed by atoms with Gasteiger partial charge in [0.25, 0.3) is 0 Å². The van der Waals surface area contributed by atoms with Crippen LogP contribution in [0, 0.1) is 0 Å². The highest BCUT2D eigenvalue weighted by Crippen LogP contribution is 2.39.